The number of benzene rings is 1. The molecule has 0 bridgehead atoms. The normalized spacial score (nSPS) is 15.2. The summed E-state index contributed by atoms with van der Waals surface area (Å²) in [5.41, 5.74) is 1.23. The maximum absolute atomic E-state index is 12.4. The molecule has 1 amide bonds. The number of aromatic nitrogens is 5. The fraction of sp³-hybridized carbons (Fsp3) is 0.294. The van der Waals surface area contributed by atoms with E-state index in [1.54, 1.807) is 27.8 Å². The van der Waals surface area contributed by atoms with Crippen LogP contribution in [0.1, 0.15) is 29.4 Å². The Morgan fingerprint density at radius 1 is 1.16 bits per heavy atom. The van der Waals surface area contributed by atoms with E-state index < -0.39 is 0 Å². The van der Waals surface area contributed by atoms with Crippen molar-refractivity contribution in [3.05, 3.63) is 54.5 Å². The van der Waals surface area contributed by atoms with Gasteiger partial charge in [-0.2, -0.15) is 5.10 Å². The molecule has 1 aliphatic rings. The number of hydrogen-bond donors (Lipinski definition) is 2. The maximum Gasteiger partial charge on any atom is 0.279 e. The standard InChI is InChI=1S/C17H19N7O/c25-17(15-12-24(22-20-15)14-6-9-18-10-7-14)19-16-8-11-23(21-16)13-4-2-1-3-5-13/h1-5,8,11-12,14,18H,6-7,9-10H2,(H,19,21,25). The van der Waals surface area contributed by atoms with Gasteiger partial charge in [-0.25, -0.2) is 9.36 Å². The first-order chi connectivity index (χ1) is 12.3. The van der Waals surface area contributed by atoms with E-state index in [4.69, 9.17) is 0 Å². The van der Waals surface area contributed by atoms with Crippen molar-refractivity contribution in [2.24, 2.45) is 0 Å². The number of rotatable bonds is 4. The number of anilines is 1. The van der Waals surface area contributed by atoms with Crippen LogP contribution in [0, 0.1) is 0 Å². The Morgan fingerprint density at radius 3 is 2.76 bits per heavy atom. The van der Waals surface area contributed by atoms with Crippen molar-refractivity contribution in [2.45, 2.75) is 18.9 Å². The van der Waals surface area contributed by atoms with Crippen molar-refractivity contribution in [3.63, 3.8) is 0 Å². The van der Waals surface area contributed by atoms with E-state index in [-0.39, 0.29) is 5.91 Å². The molecule has 2 aromatic heterocycles. The number of nitrogens with zero attached hydrogens (tertiary/aromatic N) is 5. The van der Waals surface area contributed by atoms with Crippen molar-refractivity contribution in [1.82, 2.24) is 30.1 Å². The predicted octanol–water partition coefficient (Wildman–Crippen LogP) is 1.64. The summed E-state index contributed by atoms with van der Waals surface area (Å²) in [4.78, 5) is 12.4. The van der Waals surface area contributed by atoms with Gasteiger partial charge in [0.2, 0.25) is 0 Å². The lowest BCUT2D eigenvalue weighted by Crippen LogP contribution is -2.29. The summed E-state index contributed by atoms with van der Waals surface area (Å²) in [6.45, 7) is 1.92. The molecular formula is C17H19N7O. The van der Waals surface area contributed by atoms with Crippen LogP contribution in [0.5, 0.6) is 0 Å². The van der Waals surface area contributed by atoms with Crippen LogP contribution >= 0.6 is 0 Å². The van der Waals surface area contributed by atoms with Gasteiger partial charge in [-0.1, -0.05) is 23.4 Å². The van der Waals surface area contributed by atoms with Gasteiger partial charge < -0.3 is 10.6 Å². The predicted molar refractivity (Wildman–Crippen MR) is 92.7 cm³/mol. The van der Waals surface area contributed by atoms with Crippen molar-refractivity contribution in [2.75, 3.05) is 18.4 Å². The zero-order valence-electron chi connectivity index (χ0n) is 13.7. The first kappa shape index (κ1) is 15.5. The maximum atomic E-state index is 12.4. The van der Waals surface area contributed by atoms with Crippen LogP contribution in [0.15, 0.2) is 48.8 Å². The number of piperidine rings is 1. The van der Waals surface area contributed by atoms with Gasteiger partial charge in [0, 0.05) is 12.3 Å². The van der Waals surface area contributed by atoms with Crippen LogP contribution in [0.3, 0.4) is 0 Å². The van der Waals surface area contributed by atoms with E-state index in [0.717, 1.165) is 31.6 Å². The Morgan fingerprint density at radius 2 is 1.96 bits per heavy atom. The van der Waals surface area contributed by atoms with Crippen molar-refractivity contribution < 1.29 is 4.79 Å². The Hall–Kier alpha value is -3.00. The molecule has 2 N–H and O–H groups in total. The van der Waals surface area contributed by atoms with Gasteiger partial charge in [0.1, 0.15) is 0 Å². The van der Waals surface area contributed by atoms with Crippen LogP contribution in [0.25, 0.3) is 5.69 Å². The van der Waals surface area contributed by atoms with E-state index in [1.807, 2.05) is 30.3 Å². The molecule has 0 spiro atoms. The number of carbonyl (C=O) groups is 1. The molecule has 3 heterocycles. The van der Waals surface area contributed by atoms with E-state index in [0.29, 0.717) is 17.6 Å². The highest BCUT2D eigenvalue weighted by Crippen LogP contribution is 2.17. The van der Waals surface area contributed by atoms with Gasteiger partial charge >= 0.3 is 0 Å². The van der Waals surface area contributed by atoms with Gasteiger partial charge in [-0.3, -0.25) is 4.79 Å². The fourth-order valence-electron chi connectivity index (χ4n) is 2.93. The summed E-state index contributed by atoms with van der Waals surface area (Å²) in [6, 6.07) is 11.8. The molecule has 4 rings (SSSR count). The quantitative estimate of drug-likeness (QED) is 0.755. The lowest BCUT2D eigenvalue weighted by molar-refractivity contribution is 0.102. The van der Waals surface area contributed by atoms with Gasteiger partial charge in [-0.05, 0) is 38.1 Å². The Labute approximate surface area is 144 Å². The number of carbonyl (C=O) groups excluding carboxylic acids is 1. The van der Waals surface area contributed by atoms with Crippen LogP contribution in [-0.4, -0.2) is 43.8 Å². The van der Waals surface area contributed by atoms with Crippen LogP contribution in [0.4, 0.5) is 5.82 Å². The minimum Gasteiger partial charge on any atom is -0.317 e. The molecule has 8 nitrogen and oxygen atoms in total. The smallest absolute Gasteiger partial charge is 0.279 e. The summed E-state index contributed by atoms with van der Waals surface area (Å²) >= 11 is 0. The van der Waals surface area contributed by atoms with E-state index in [9.17, 15) is 4.79 Å². The number of amides is 1. The lowest BCUT2D eigenvalue weighted by Gasteiger charge is -2.21. The molecule has 0 aliphatic carbocycles. The van der Waals surface area contributed by atoms with Gasteiger partial charge in [0.15, 0.2) is 11.5 Å². The largest absolute Gasteiger partial charge is 0.317 e. The molecule has 1 fully saturated rings. The molecule has 128 valence electrons. The van der Waals surface area contributed by atoms with Gasteiger partial charge in [0.25, 0.3) is 5.91 Å². The second-order valence-electron chi connectivity index (χ2n) is 6.00. The van der Waals surface area contributed by atoms with Crippen molar-refractivity contribution >= 4 is 11.7 Å². The highest BCUT2D eigenvalue weighted by Gasteiger charge is 2.19. The molecule has 0 radical (unpaired) electrons. The Bertz CT molecular complexity index is 849. The zero-order chi connectivity index (χ0) is 17.1. The van der Waals surface area contributed by atoms with Gasteiger partial charge in [-0.15, -0.1) is 5.10 Å². The molecular weight excluding hydrogens is 318 g/mol. The molecule has 25 heavy (non-hydrogen) atoms. The minimum atomic E-state index is -0.307. The van der Waals surface area contributed by atoms with Crippen molar-refractivity contribution in [1.29, 1.82) is 0 Å². The second kappa shape index (κ2) is 6.86. The molecule has 1 aromatic carbocycles. The van der Waals surface area contributed by atoms with E-state index in [1.165, 1.54) is 0 Å². The third kappa shape index (κ3) is 3.43. The van der Waals surface area contributed by atoms with Crippen LogP contribution < -0.4 is 10.6 Å². The fourth-order valence-corrected chi connectivity index (χ4v) is 2.93. The van der Waals surface area contributed by atoms with Crippen LogP contribution in [-0.2, 0) is 0 Å². The molecule has 8 heteroatoms. The first-order valence-electron chi connectivity index (χ1n) is 8.34. The van der Waals surface area contributed by atoms with E-state index in [2.05, 4.69) is 26.0 Å². The molecule has 0 atom stereocenters. The molecule has 0 saturated carbocycles. The monoisotopic (exact) mass is 337 g/mol. The topological polar surface area (TPSA) is 89.7 Å². The molecule has 1 saturated heterocycles. The number of nitrogens with one attached hydrogen (secondary N) is 2. The second-order valence-corrected chi connectivity index (χ2v) is 6.00. The third-order valence-corrected chi connectivity index (χ3v) is 4.28. The summed E-state index contributed by atoms with van der Waals surface area (Å²) < 4.78 is 3.50. The van der Waals surface area contributed by atoms with E-state index >= 15 is 0 Å². The zero-order valence-corrected chi connectivity index (χ0v) is 13.7. The summed E-state index contributed by atoms with van der Waals surface area (Å²) in [6.07, 6.45) is 5.49. The van der Waals surface area contributed by atoms with Gasteiger partial charge in [0.05, 0.1) is 17.9 Å². The summed E-state index contributed by atoms with van der Waals surface area (Å²) in [5.74, 6) is 0.170. The number of hydrogen-bond acceptors (Lipinski definition) is 5. The highest BCUT2D eigenvalue weighted by molar-refractivity contribution is 6.02. The molecule has 0 unspecified atom stereocenters. The van der Waals surface area contributed by atoms with Crippen molar-refractivity contribution in [3.8, 4) is 5.69 Å². The highest BCUT2D eigenvalue weighted by atomic mass is 16.2. The minimum absolute atomic E-state index is 0.299. The SMILES string of the molecule is O=C(Nc1ccn(-c2ccccc2)n1)c1cn(C2CCNCC2)nn1. The third-order valence-electron chi connectivity index (χ3n) is 4.28. The van der Waals surface area contributed by atoms with Crippen LogP contribution in [0.2, 0.25) is 0 Å². The average Bonchev–Trinajstić information content (AvgIpc) is 3.33. The number of para-hydroxylation sites is 1. The Kier molecular flexibility index (Phi) is 4.26. The average molecular weight is 337 g/mol. The first-order valence-corrected chi connectivity index (χ1v) is 8.34. The summed E-state index contributed by atoms with van der Waals surface area (Å²) in [7, 11) is 0. The summed E-state index contributed by atoms with van der Waals surface area (Å²) in [5, 5.41) is 18.5. The molecule has 1 aliphatic heterocycles. The lowest BCUT2D eigenvalue weighted by atomic mass is 10.1. The molecule has 3 aromatic rings. The Balaban J connectivity index is 1.44.